The minimum absolute atomic E-state index is 0.0897. The van der Waals surface area contributed by atoms with Crippen molar-refractivity contribution in [1.29, 1.82) is 0 Å². The van der Waals surface area contributed by atoms with Gasteiger partial charge in [0.25, 0.3) is 5.91 Å². The molecule has 1 saturated heterocycles. The first-order chi connectivity index (χ1) is 13.1. The lowest BCUT2D eigenvalue weighted by atomic mass is 10.1. The summed E-state index contributed by atoms with van der Waals surface area (Å²) in [7, 11) is 1.95. The molecule has 2 aromatic rings. The monoisotopic (exact) mass is 366 g/mol. The summed E-state index contributed by atoms with van der Waals surface area (Å²) in [5.74, 6) is 1.25. The smallest absolute Gasteiger partial charge is 0.251 e. The molecule has 1 aliphatic heterocycles. The Balaban J connectivity index is 1.32. The fourth-order valence-corrected chi connectivity index (χ4v) is 4.27. The molecule has 1 aromatic heterocycles. The summed E-state index contributed by atoms with van der Waals surface area (Å²) in [5.41, 5.74) is 1.61. The topological polar surface area (TPSA) is 67.2 Å². The summed E-state index contributed by atoms with van der Waals surface area (Å²) < 4.78 is 1.95. The summed E-state index contributed by atoms with van der Waals surface area (Å²) in [6.07, 6.45) is 8.92. The molecule has 1 saturated carbocycles. The number of likely N-dealkylation sites (tertiary alicyclic amines) is 1. The molecule has 0 unspecified atom stereocenters. The summed E-state index contributed by atoms with van der Waals surface area (Å²) in [5, 5.41) is 3.00. The second-order valence-corrected chi connectivity index (χ2v) is 7.70. The molecule has 2 heterocycles. The number of nitrogens with zero attached hydrogens (tertiary/aromatic N) is 3. The maximum atomic E-state index is 12.5. The minimum atomic E-state index is -0.0897. The van der Waals surface area contributed by atoms with Crippen LogP contribution in [0.4, 0.5) is 0 Å². The normalized spacial score (nSPS) is 20.4. The van der Waals surface area contributed by atoms with Gasteiger partial charge >= 0.3 is 0 Å². The van der Waals surface area contributed by atoms with E-state index in [1.165, 1.54) is 12.8 Å². The van der Waals surface area contributed by atoms with E-state index >= 15 is 0 Å². The van der Waals surface area contributed by atoms with Crippen molar-refractivity contribution in [3.05, 3.63) is 42.2 Å². The Hall–Kier alpha value is -2.63. The molecule has 0 radical (unpaired) electrons. The van der Waals surface area contributed by atoms with Crippen LogP contribution in [0.25, 0.3) is 11.4 Å². The van der Waals surface area contributed by atoms with Crippen LogP contribution in [0.15, 0.2) is 36.7 Å². The Morgan fingerprint density at radius 1 is 1.22 bits per heavy atom. The number of carbonyl (C=O) groups excluding carboxylic acids is 2. The lowest BCUT2D eigenvalue weighted by molar-refractivity contribution is -0.129. The fraction of sp³-hybridized carbons (Fsp3) is 0.476. The highest BCUT2D eigenvalue weighted by Gasteiger charge is 2.35. The van der Waals surface area contributed by atoms with Crippen LogP contribution in [0.3, 0.4) is 0 Å². The van der Waals surface area contributed by atoms with Crippen LogP contribution in [-0.4, -0.2) is 45.4 Å². The van der Waals surface area contributed by atoms with E-state index in [1.807, 2.05) is 47.0 Å². The molecule has 1 aliphatic carbocycles. The van der Waals surface area contributed by atoms with E-state index < -0.39 is 0 Å². The van der Waals surface area contributed by atoms with Crippen molar-refractivity contribution in [1.82, 2.24) is 19.8 Å². The lowest BCUT2D eigenvalue weighted by Crippen LogP contribution is -2.36. The molecule has 6 nitrogen and oxygen atoms in total. The SMILES string of the molecule is Cn1ccnc1-c1ccc(C(=O)NC[C@@H]2CC(=O)N(C3CCCC3)C2)cc1. The van der Waals surface area contributed by atoms with Crippen LogP contribution in [0, 0.1) is 5.92 Å². The minimum Gasteiger partial charge on any atom is -0.352 e. The third-order valence-corrected chi connectivity index (χ3v) is 5.78. The van der Waals surface area contributed by atoms with Crippen LogP contribution >= 0.6 is 0 Å². The molecular formula is C21H26N4O2. The maximum Gasteiger partial charge on any atom is 0.251 e. The van der Waals surface area contributed by atoms with Gasteiger partial charge in [0.05, 0.1) is 0 Å². The van der Waals surface area contributed by atoms with Gasteiger partial charge in [-0.2, -0.15) is 0 Å². The zero-order valence-electron chi connectivity index (χ0n) is 15.7. The first kappa shape index (κ1) is 17.8. The molecule has 0 bridgehead atoms. The predicted molar refractivity (Wildman–Crippen MR) is 103 cm³/mol. The lowest BCUT2D eigenvalue weighted by Gasteiger charge is -2.24. The number of benzene rings is 1. The zero-order chi connectivity index (χ0) is 18.8. The van der Waals surface area contributed by atoms with Crippen molar-refractivity contribution in [3.8, 4) is 11.4 Å². The number of aromatic nitrogens is 2. The highest BCUT2D eigenvalue weighted by atomic mass is 16.2. The van der Waals surface area contributed by atoms with E-state index in [2.05, 4.69) is 10.3 Å². The quantitative estimate of drug-likeness (QED) is 0.884. The number of carbonyl (C=O) groups is 2. The van der Waals surface area contributed by atoms with Crippen molar-refractivity contribution >= 4 is 11.8 Å². The number of imidazole rings is 1. The molecule has 2 amide bonds. The van der Waals surface area contributed by atoms with Crippen LogP contribution in [0.1, 0.15) is 42.5 Å². The molecule has 2 fully saturated rings. The number of nitrogens with one attached hydrogen (secondary N) is 1. The standard InChI is InChI=1S/C21H26N4O2/c1-24-11-10-22-20(24)16-6-8-17(9-7-16)21(27)23-13-15-12-19(26)25(14-15)18-4-2-3-5-18/h6-11,15,18H,2-5,12-14H2,1H3,(H,23,27)/t15-/m0/s1. The van der Waals surface area contributed by atoms with Crippen LogP contribution in [0.2, 0.25) is 0 Å². The Morgan fingerprint density at radius 3 is 2.63 bits per heavy atom. The van der Waals surface area contributed by atoms with Gasteiger partial charge in [0.2, 0.25) is 5.91 Å². The number of hydrogen-bond acceptors (Lipinski definition) is 3. The number of amides is 2. The van der Waals surface area contributed by atoms with E-state index in [9.17, 15) is 9.59 Å². The Morgan fingerprint density at radius 2 is 1.96 bits per heavy atom. The summed E-state index contributed by atoms with van der Waals surface area (Å²) in [6, 6.07) is 7.90. The van der Waals surface area contributed by atoms with Crippen molar-refractivity contribution < 1.29 is 9.59 Å². The highest BCUT2D eigenvalue weighted by Crippen LogP contribution is 2.29. The van der Waals surface area contributed by atoms with Gasteiger partial charge in [-0.05, 0) is 25.0 Å². The van der Waals surface area contributed by atoms with Gasteiger partial charge in [-0.15, -0.1) is 0 Å². The second kappa shape index (κ2) is 7.55. The molecule has 6 heteroatoms. The van der Waals surface area contributed by atoms with E-state index in [0.717, 1.165) is 30.8 Å². The van der Waals surface area contributed by atoms with E-state index in [4.69, 9.17) is 0 Å². The van der Waals surface area contributed by atoms with Crippen LogP contribution in [-0.2, 0) is 11.8 Å². The third-order valence-electron chi connectivity index (χ3n) is 5.78. The Bertz CT molecular complexity index is 821. The molecule has 27 heavy (non-hydrogen) atoms. The summed E-state index contributed by atoms with van der Waals surface area (Å²) in [4.78, 5) is 31.1. The van der Waals surface area contributed by atoms with Gasteiger partial charge in [-0.1, -0.05) is 25.0 Å². The largest absolute Gasteiger partial charge is 0.352 e. The van der Waals surface area contributed by atoms with Crippen molar-refractivity contribution in [3.63, 3.8) is 0 Å². The fourth-order valence-electron chi connectivity index (χ4n) is 4.27. The average molecular weight is 366 g/mol. The van der Waals surface area contributed by atoms with Crippen molar-refractivity contribution in [2.24, 2.45) is 13.0 Å². The average Bonchev–Trinajstić information content (AvgIpc) is 3.41. The molecule has 1 atom stereocenters. The van der Waals surface area contributed by atoms with E-state index in [1.54, 1.807) is 6.20 Å². The third kappa shape index (κ3) is 3.75. The predicted octanol–water partition coefficient (Wildman–Crippen LogP) is 2.61. The Kier molecular flexibility index (Phi) is 4.97. The molecule has 1 aromatic carbocycles. The molecule has 142 valence electrons. The van der Waals surface area contributed by atoms with E-state index in [-0.39, 0.29) is 17.7 Å². The first-order valence-corrected chi connectivity index (χ1v) is 9.77. The molecular weight excluding hydrogens is 340 g/mol. The molecule has 0 spiro atoms. The summed E-state index contributed by atoms with van der Waals surface area (Å²) in [6.45, 7) is 1.33. The number of rotatable bonds is 5. The number of hydrogen-bond donors (Lipinski definition) is 1. The van der Waals surface area contributed by atoms with Gasteiger partial charge in [0.1, 0.15) is 5.82 Å². The van der Waals surface area contributed by atoms with Gasteiger partial charge in [-0.25, -0.2) is 4.98 Å². The van der Waals surface area contributed by atoms with Crippen LogP contribution < -0.4 is 5.32 Å². The van der Waals surface area contributed by atoms with Gasteiger partial charge in [0, 0.05) is 62.0 Å². The van der Waals surface area contributed by atoms with Gasteiger partial charge in [-0.3, -0.25) is 9.59 Å². The van der Waals surface area contributed by atoms with Crippen molar-refractivity contribution in [2.45, 2.75) is 38.1 Å². The Labute approximate surface area is 159 Å². The number of aryl methyl sites for hydroxylation is 1. The van der Waals surface area contributed by atoms with Gasteiger partial charge < -0.3 is 14.8 Å². The van der Waals surface area contributed by atoms with Gasteiger partial charge in [0.15, 0.2) is 0 Å². The summed E-state index contributed by atoms with van der Waals surface area (Å²) >= 11 is 0. The van der Waals surface area contributed by atoms with Crippen molar-refractivity contribution in [2.75, 3.05) is 13.1 Å². The molecule has 2 aliphatic rings. The zero-order valence-corrected chi connectivity index (χ0v) is 15.7. The van der Waals surface area contributed by atoms with Crippen LogP contribution in [0.5, 0.6) is 0 Å². The maximum absolute atomic E-state index is 12.5. The molecule has 4 rings (SSSR count). The molecule has 1 N–H and O–H groups in total. The first-order valence-electron chi connectivity index (χ1n) is 9.77. The van der Waals surface area contributed by atoms with E-state index in [0.29, 0.717) is 24.6 Å². The second-order valence-electron chi connectivity index (χ2n) is 7.70. The highest BCUT2D eigenvalue weighted by molar-refractivity contribution is 5.94.